The number of carbonyl (C=O) groups is 2. The summed E-state index contributed by atoms with van der Waals surface area (Å²) in [5.41, 5.74) is 14.0. The van der Waals surface area contributed by atoms with Crippen molar-refractivity contribution in [2.24, 2.45) is 0 Å². The van der Waals surface area contributed by atoms with Gasteiger partial charge in [0.25, 0.3) is 5.91 Å². The molecular formula is C26H38N8O3. The Labute approximate surface area is 218 Å². The van der Waals surface area contributed by atoms with E-state index in [0.29, 0.717) is 42.0 Å². The fraction of sp³-hybridized carbons (Fsp3) is 0.577. The molecule has 37 heavy (non-hydrogen) atoms. The molecule has 4 heterocycles. The summed E-state index contributed by atoms with van der Waals surface area (Å²) >= 11 is 0. The number of carbonyl (C=O) groups excluding carboxylic acids is 2. The number of aryl methyl sites for hydroxylation is 2. The van der Waals surface area contributed by atoms with Crippen molar-refractivity contribution < 1.29 is 14.3 Å². The molecule has 2 aliphatic heterocycles. The summed E-state index contributed by atoms with van der Waals surface area (Å²) in [6.07, 6.45) is 2.76. The third kappa shape index (κ3) is 5.18. The highest BCUT2D eigenvalue weighted by atomic mass is 16.5. The number of aromatic nitrogens is 3. The van der Waals surface area contributed by atoms with E-state index in [1.54, 1.807) is 6.07 Å². The molecule has 0 aromatic carbocycles. The quantitative estimate of drug-likeness (QED) is 0.573. The lowest BCUT2D eigenvalue weighted by atomic mass is 9.88. The van der Waals surface area contributed by atoms with E-state index in [0.717, 1.165) is 44.6 Å². The number of esters is 1. The topological polar surface area (TPSA) is 144 Å². The van der Waals surface area contributed by atoms with Gasteiger partial charge in [0, 0.05) is 50.0 Å². The lowest BCUT2D eigenvalue weighted by Crippen LogP contribution is -2.65. The number of nitrogen functional groups attached to an aromatic ring is 2. The predicted molar refractivity (Wildman–Crippen MR) is 142 cm³/mol. The zero-order valence-corrected chi connectivity index (χ0v) is 22.5. The summed E-state index contributed by atoms with van der Waals surface area (Å²) in [6, 6.07) is 3.98. The molecule has 0 spiro atoms. The van der Waals surface area contributed by atoms with Crippen molar-refractivity contribution in [3.05, 3.63) is 34.8 Å². The van der Waals surface area contributed by atoms with Gasteiger partial charge < -0.3 is 26.0 Å². The Balaban J connectivity index is 1.44. The number of nitrogens with two attached hydrogens (primary N) is 2. The molecule has 1 amide bonds. The van der Waals surface area contributed by atoms with Gasteiger partial charge in [-0.15, -0.1) is 0 Å². The minimum atomic E-state index is -0.589. The van der Waals surface area contributed by atoms with Crippen LogP contribution in [0.3, 0.4) is 0 Å². The largest absolute Gasteiger partial charge is 0.464 e. The summed E-state index contributed by atoms with van der Waals surface area (Å²) in [5.74, 6) is 0.437. The van der Waals surface area contributed by atoms with Crippen LogP contribution in [0.2, 0.25) is 0 Å². The number of anilines is 3. The number of ether oxygens (including phenoxy) is 1. The lowest BCUT2D eigenvalue weighted by Gasteiger charge is -2.53. The van der Waals surface area contributed by atoms with Gasteiger partial charge in [-0.2, -0.15) is 0 Å². The average Bonchev–Trinajstić information content (AvgIpc) is 2.89. The number of hydrogen-bond acceptors (Lipinski definition) is 10. The SMILES string of the molecule is CCC1(C)CN(c2nc(N)c(C(=O)OC)nc2C)CCN1C1CCN(C(=O)c2ccc(C)nc2N)CC1. The van der Waals surface area contributed by atoms with E-state index in [-0.39, 0.29) is 23.0 Å². The predicted octanol–water partition coefficient (Wildman–Crippen LogP) is 2.03. The van der Waals surface area contributed by atoms with Gasteiger partial charge in [0.05, 0.1) is 18.4 Å². The molecule has 200 valence electrons. The van der Waals surface area contributed by atoms with Crippen LogP contribution in [0.15, 0.2) is 12.1 Å². The van der Waals surface area contributed by atoms with Gasteiger partial charge in [0.1, 0.15) is 5.82 Å². The van der Waals surface area contributed by atoms with Crippen LogP contribution < -0.4 is 16.4 Å². The van der Waals surface area contributed by atoms with E-state index in [1.165, 1.54) is 7.11 Å². The number of likely N-dealkylation sites (tertiary alicyclic amines) is 1. The van der Waals surface area contributed by atoms with Crippen molar-refractivity contribution in [2.75, 3.05) is 56.2 Å². The first-order chi connectivity index (χ1) is 17.6. The smallest absolute Gasteiger partial charge is 0.360 e. The Hall–Kier alpha value is -3.47. The third-order valence-corrected chi connectivity index (χ3v) is 7.83. The summed E-state index contributed by atoms with van der Waals surface area (Å²) in [4.78, 5) is 44.9. The van der Waals surface area contributed by atoms with E-state index < -0.39 is 5.97 Å². The van der Waals surface area contributed by atoms with Crippen LogP contribution in [0.5, 0.6) is 0 Å². The number of rotatable bonds is 5. The molecule has 4 rings (SSSR count). The Morgan fingerprint density at radius 3 is 2.38 bits per heavy atom. The number of hydrogen-bond donors (Lipinski definition) is 2. The molecule has 1 atom stereocenters. The van der Waals surface area contributed by atoms with Gasteiger partial charge in [-0.3, -0.25) is 9.69 Å². The van der Waals surface area contributed by atoms with Crippen molar-refractivity contribution in [3.8, 4) is 0 Å². The molecule has 0 bridgehead atoms. The van der Waals surface area contributed by atoms with Gasteiger partial charge >= 0.3 is 5.97 Å². The fourth-order valence-corrected chi connectivity index (χ4v) is 5.58. The lowest BCUT2D eigenvalue weighted by molar-refractivity contribution is 0.0102. The maximum atomic E-state index is 13.1. The molecule has 11 heteroatoms. The fourth-order valence-electron chi connectivity index (χ4n) is 5.58. The molecule has 0 aliphatic carbocycles. The normalized spacial score (nSPS) is 21.2. The van der Waals surface area contributed by atoms with E-state index in [9.17, 15) is 9.59 Å². The van der Waals surface area contributed by atoms with Gasteiger partial charge in [-0.25, -0.2) is 19.7 Å². The number of amides is 1. The number of methoxy groups -OCH3 is 1. The highest BCUT2D eigenvalue weighted by molar-refractivity contribution is 5.98. The number of piperazine rings is 1. The van der Waals surface area contributed by atoms with Gasteiger partial charge in [-0.05, 0) is 52.2 Å². The van der Waals surface area contributed by atoms with Crippen molar-refractivity contribution in [1.82, 2.24) is 24.8 Å². The average molecular weight is 511 g/mol. The molecule has 2 aromatic rings. The molecule has 2 saturated heterocycles. The molecule has 2 fully saturated rings. The Kier molecular flexibility index (Phi) is 7.54. The maximum Gasteiger partial charge on any atom is 0.360 e. The number of nitrogens with zero attached hydrogens (tertiary/aromatic N) is 6. The first-order valence-corrected chi connectivity index (χ1v) is 12.8. The molecule has 2 aliphatic rings. The second kappa shape index (κ2) is 10.5. The Morgan fingerprint density at radius 1 is 1.05 bits per heavy atom. The number of piperidine rings is 1. The number of pyridine rings is 1. The van der Waals surface area contributed by atoms with Crippen LogP contribution in [0.1, 0.15) is 65.3 Å². The summed E-state index contributed by atoms with van der Waals surface area (Å²) in [7, 11) is 1.30. The first kappa shape index (κ1) is 26.6. The van der Waals surface area contributed by atoms with Crippen molar-refractivity contribution >= 4 is 29.3 Å². The monoisotopic (exact) mass is 510 g/mol. The summed E-state index contributed by atoms with van der Waals surface area (Å²) < 4.78 is 4.77. The second-order valence-electron chi connectivity index (χ2n) is 10.2. The van der Waals surface area contributed by atoms with Crippen molar-refractivity contribution in [3.63, 3.8) is 0 Å². The molecule has 11 nitrogen and oxygen atoms in total. The molecule has 0 saturated carbocycles. The van der Waals surface area contributed by atoms with E-state index in [2.05, 4.69) is 38.6 Å². The Morgan fingerprint density at radius 2 is 1.76 bits per heavy atom. The van der Waals surface area contributed by atoms with Crippen molar-refractivity contribution in [2.45, 2.75) is 58.5 Å². The molecular weight excluding hydrogens is 472 g/mol. The molecule has 4 N–H and O–H groups in total. The first-order valence-electron chi connectivity index (χ1n) is 12.8. The van der Waals surface area contributed by atoms with Gasteiger partial charge in [0.15, 0.2) is 17.3 Å². The maximum absolute atomic E-state index is 13.1. The van der Waals surface area contributed by atoms with Crippen LogP contribution in [0, 0.1) is 13.8 Å². The van der Waals surface area contributed by atoms with Crippen LogP contribution in [-0.4, -0.2) is 88.0 Å². The summed E-state index contributed by atoms with van der Waals surface area (Å²) in [5, 5.41) is 0. The molecule has 2 aromatic heterocycles. The zero-order chi connectivity index (χ0) is 26.9. The van der Waals surface area contributed by atoms with E-state index in [4.69, 9.17) is 16.2 Å². The van der Waals surface area contributed by atoms with Crippen LogP contribution in [0.4, 0.5) is 17.5 Å². The minimum Gasteiger partial charge on any atom is -0.464 e. The second-order valence-corrected chi connectivity index (χ2v) is 10.2. The minimum absolute atomic E-state index is 0.0464. The summed E-state index contributed by atoms with van der Waals surface area (Å²) in [6.45, 7) is 12.0. The molecule has 0 radical (unpaired) electrons. The van der Waals surface area contributed by atoms with Crippen LogP contribution >= 0.6 is 0 Å². The molecule has 1 unspecified atom stereocenters. The van der Waals surface area contributed by atoms with Crippen molar-refractivity contribution in [1.29, 1.82) is 0 Å². The van der Waals surface area contributed by atoms with Crippen LogP contribution in [0.25, 0.3) is 0 Å². The Bertz CT molecular complexity index is 1180. The zero-order valence-electron chi connectivity index (χ0n) is 22.5. The van der Waals surface area contributed by atoms with E-state index >= 15 is 0 Å². The highest BCUT2D eigenvalue weighted by Gasteiger charge is 2.42. The van der Waals surface area contributed by atoms with E-state index in [1.807, 2.05) is 24.8 Å². The van der Waals surface area contributed by atoms with Gasteiger partial charge in [0.2, 0.25) is 0 Å². The standard InChI is InChI=1S/C26H38N8O3/c1-6-26(4)15-33(23-17(3)30-20(22(28)31-23)25(36)37-5)13-14-34(26)18-9-11-32(12-10-18)24(35)19-8-7-16(2)29-21(19)27/h7-8,18H,6,9-15H2,1-5H3,(H2,27,29)(H2,28,31). The van der Waals surface area contributed by atoms with Crippen LogP contribution in [-0.2, 0) is 4.74 Å². The highest BCUT2D eigenvalue weighted by Crippen LogP contribution is 2.34. The third-order valence-electron chi connectivity index (χ3n) is 7.83. The van der Waals surface area contributed by atoms with Gasteiger partial charge in [-0.1, -0.05) is 6.92 Å².